The topological polar surface area (TPSA) is 112 Å². The van der Waals surface area contributed by atoms with Crippen LogP contribution in [-0.2, 0) is 0 Å². The molecule has 4 heterocycles. The molecule has 3 atom stereocenters. The van der Waals surface area contributed by atoms with Gasteiger partial charge in [0, 0.05) is 36.3 Å². The van der Waals surface area contributed by atoms with Gasteiger partial charge < -0.3 is 19.8 Å². The SMILES string of the molecule is NC(=O)c1ncoc1C1C2CC1N(C(=O)c1ccnc(OC3CCC3)c1)C2. The van der Waals surface area contributed by atoms with Crippen molar-refractivity contribution >= 4 is 11.8 Å². The molecule has 2 bridgehead atoms. The van der Waals surface area contributed by atoms with E-state index in [1.807, 2.05) is 4.90 Å². The number of rotatable bonds is 5. The Morgan fingerprint density at radius 3 is 2.89 bits per heavy atom. The summed E-state index contributed by atoms with van der Waals surface area (Å²) in [5.74, 6) is 0.590. The summed E-state index contributed by atoms with van der Waals surface area (Å²) in [7, 11) is 0. The second-order valence-corrected chi connectivity index (χ2v) is 7.53. The number of hydrogen-bond donors (Lipinski definition) is 1. The van der Waals surface area contributed by atoms with Crippen molar-refractivity contribution in [3.05, 3.63) is 41.7 Å². The summed E-state index contributed by atoms with van der Waals surface area (Å²) in [6.07, 6.45) is 7.22. The van der Waals surface area contributed by atoms with E-state index in [1.54, 1.807) is 18.3 Å². The van der Waals surface area contributed by atoms with Crippen LogP contribution in [0.4, 0.5) is 0 Å². The van der Waals surface area contributed by atoms with Gasteiger partial charge in [0.2, 0.25) is 5.88 Å². The Balaban J connectivity index is 1.34. The highest BCUT2D eigenvalue weighted by atomic mass is 16.5. The Labute approximate surface area is 155 Å². The van der Waals surface area contributed by atoms with Crippen LogP contribution in [-0.4, -0.2) is 45.4 Å². The minimum absolute atomic E-state index is 0.00212. The molecule has 6 rings (SSSR count). The van der Waals surface area contributed by atoms with E-state index in [-0.39, 0.29) is 35.6 Å². The minimum atomic E-state index is -0.602. The normalized spacial score (nSPS) is 26.4. The zero-order chi connectivity index (χ0) is 18.5. The smallest absolute Gasteiger partial charge is 0.270 e. The van der Waals surface area contributed by atoms with Crippen molar-refractivity contribution in [1.29, 1.82) is 0 Å². The maximum Gasteiger partial charge on any atom is 0.270 e. The quantitative estimate of drug-likeness (QED) is 0.860. The lowest BCUT2D eigenvalue weighted by Gasteiger charge is -2.35. The fourth-order valence-corrected chi connectivity index (χ4v) is 4.35. The van der Waals surface area contributed by atoms with Crippen LogP contribution in [0.25, 0.3) is 0 Å². The van der Waals surface area contributed by atoms with E-state index in [0.29, 0.717) is 23.7 Å². The first-order valence-corrected chi connectivity index (χ1v) is 9.28. The van der Waals surface area contributed by atoms with Crippen molar-refractivity contribution in [2.24, 2.45) is 11.7 Å². The molecule has 2 aromatic heterocycles. The predicted octanol–water partition coefficient (Wildman–Crippen LogP) is 1.73. The molecule has 4 aliphatic rings. The van der Waals surface area contributed by atoms with E-state index in [4.69, 9.17) is 14.9 Å². The number of ether oxygens (including phenoxy) is 1. The monoisotopic (exact) mass is 368 g/mol. The van der Waals surface area contributed by atoms with Gasteiger partial charge in [-0.15, -0.1) is 0 Å². The molecule has 2 amide bonds. The standard InChI is InChI=1S/C19H20N4O4/c20-18(24)16-17(26-9-22-16)15-11-6-13(15)23(8-11)19(25)10-4-5-21-14(7-10)27-12-2-1-3-12/h4-5,7,9,11-13,15H,1-3,6,8H2,(H2,20,24). The number of aromatic nitrogens is 2. The highest BCUT2D eigenvalue weighted by molar-refractivity contribution is 5.95. The molecule has 8 nitrogen and oxygen atoms in total. The number of primary amides is 1. The predicted molar refractivity (Wildman–Crippen MR) is 93.2 cm³/mol. The Hall–Kier alpha value is -2.90. The van der Waals surface area contributed by atoms with E-state index in [1.165, 1.54) is 12.8 Å². The summed E-state index contributed by atoms with van der Waals surface area (Å²) >= 11 is 0. The van der Waals surface area contributed by atoms with Crippen LogP contribution in [0.3, 0.4) is 0 Å². The Bertz CT molecular complexity index is 907. The van der Waals surface area contributed by atoms with Crippen LogP contribution < -0.4 is 10.5 Å². The van der Waals surface area contributed by atoms with E-state index in [9.17, 15) is 9.59 Å². The van der Waals surface area contributed by atoms with Crippen LogP contribution in [0, 0.1) is 5.92 Å². The number of carbonyl (C=O) groups excluding carboxylic acids is 2. The van der Waals surface area contributed by atoms with Gasteiger partial charge in [0.05, 0.1) is 0 Å². The maximum absolute atomic E-state index is 13.0. The van der Waals surface area contributed by atoms with Crippen molar-refractivity contribution in [3.63, 3.8) is 0 Å². The first kappa shape index (κ1) is 16.3. The number of nitrogens with two attached hydrogens (primary N) is 1. The molecule has 3 unspecified atom stereocenters. The van der Waals surface area contributed by atoms with Gasteiger partial charge in [0.15, 0.2) is 12.1 Å². The molecule has 0 spiro atoms. The van der Waals surface area contributed by atoms with Crippen LogP contribution >= 0.6 is 0 Å². The summed E-state index contributed by atoms with van der Waals surface area (Å²) in [6.45, 7) is 0.633. The largest absolute Gasteiger partial charge is 0.474 e. The summed E-state index contributed by atoms with van der Waals surface area (Å²) in [4.78, 5) is 34.6. The van der Waals surface area contributed by atoms with Gasteiger partial charge in [-0.2, -0.15) is 0 Å². The molecule has 27 heavy (non-hydrogen) atoms. The average Bonchev–Trinajstić information content (AvgIpc) is 3.32. The minimum Gasteiger partial charge on any atom is -0.474 e. The molecule has 2 N–H and O–H groups in total. The zero-order valence-electron chi connectivity index (χ0n) is 14.7. The Morgan fingerprint density at radius 2 is 2.15 bits per heavy atom. The van der Waals surface area contributed by atoms with Gasteiger partial charge in [-0.05, 0) is 37.7 Å². The molecule has 8 heteroatoms. The van der Waals surface area contributed by atoms with Crippen molar-refractivity contribution in [1.82, 2.24) is 14.9 Å². The van der Waals surface area contributed by atoms with E-state index in [0.717, 1.165) is 19.3 Å². The number of fused-ring (bicyclic) bond motifs is 1. The molecule has 2 saturated carbocycles. The van der Waals surface area contributed by atoms with E-state index >= 15 is 0 Å². The van der Waals surface area contributed by atoms with Gasteiger partial charge >= 0.3 is 0 Å². The number of pyridine rings is 1. The third-order valence-electron chi connectivity index (χ3n) is 6.01. The van der Waals surface area contributed by atoms with Crippen LogP contribution in [0.15, 0.2) is 29.1 Å². The summed E-state index contributed by atoms with van der Waals surface area (Å²) in [6, 6.07) is 3.43. The average molecular weight is 368 g/mol. The van der Waals surface area contributed by atoms with E-state index < -0.39 is 5.91 Å². The van der Waals surface area contributed by atoms with Crippen LogP contribution in [0.5, 0.6) is 5.88 Å². The number of carbonyl (C=O) groups is 2. The third kappa shape index (κ3) is 2.58. The molecule has 140 valence electrons. The molecule has 0 aromatic carbocycles. The molecule has 0 radical (unpaired) electrons. The summed E-state index contributed by atoms with van der Waals surface area (Å²) < 4.78 is 11.3. The van der Waals surface area contributed by atoms with Gasteiger partial charge in [-0.1, -0.05) is 0 Å². The first-order valence-electron chi connectivity index (χ1n) is 9.28. The third-order valence-corrected chi connectivity index (χ3v) is 6.01. The molecule has 2 aliphatic carbocycles. The summed E-state index contributed by atoms with van der Waals surface area (Å²) in [5.41, 5.74) is 6.12. The fourth-order valence-electron chi connectivity index (χ4n) is 4.35. The number of hydrogen-bond acceptors (Lipinski definition) is 6. The van der Waals surface area contributed by atoms with Gasteiger partial charge in [-0.3, -0.25) is 9.59 Å². The molecular weight excluding hydrogens is 348 g/mol. The lowest BCUT2D eigenvalue weighted by molar-refractivity contribution is 0.0727. The van der Waals surface area contributed by atoms with Crippen molar-refractivity contribution in [2.75, 3.05) is 6.54 Å². The van der Waals surface area contributed by atoms with Crippen molar-refractivity contribution in [3.8, 4) is 5.88 Å². The molecule has 2 saturated heterocycles. The van der Waals surface area contributed by atoms with Crippen LogP contribution in [0.2, 0.25) is 0 Å². The molecule has 4 fully saturated rings. The zero-order valence-corrected chi connectivity index (χ0v) is 14.7. The van der Waals surface area contributed by atoms with Gasteiger partial charge in [-0.25, -0.2) is 9.97 Å². The maximum atomic E-state index is 13.0. The highest BCUT2D eigenvalue weighted by Crippen LogP contribution is 2.53. The Morgan fingerprint density at radius 1 is 1.30 bits per heavy atom. The molecular formula is C19H20N4O4. The second kappa shape index (κ2) is 6.07. The Kier molecular flexibility index (Phi) is 3.66. The molecule has 2 aliphatic heterocycles. The number of oxazole rings is 1. The number of amides is 2. The van der Waals surface area contributed by atoms with Crippen molar-refractivity contribution in [2.45, 2.75) is 43.7 Å². The number of nitrogens with zero attached hydrogens (tertiary/aromatic N) is 3. The summed E-state index contributed by atoms with van der Waals surface area (Å²) in [5, 5.41) is 0. The first-order chi connectivity index (χ1) is 13.1. The molecule has 2 aromatic rings. The van der Waals surface area contributed by atoms with Crippen LogP contribution in [0.1, 0.15) is 58.2 Å². The van der Waals surface area contributed by atoms with E-state index in [2.05, 4.69) is 9.97 Å². The van der Waals surface area contributed by atoms with Gasteiger partial charge in [0.1, 0.15) is 11.9 Å². The lowest BCUT2D eigenvalue weighted by atomic mass is 9.72. The van der Waals surface area contributed by atoms with Crippen molar-refractivity contribution < 1.29 is 18.7 Å². The second-order valence-electron chi connectivity index (χ2n) is 7.53. The fraction of sp³-hybridized carbons (Fsp3) is 0.474. The lowest BCUT2D eigenvalue weighted by Crippen LogP contribution is -2.40. The van der Waals surface area contributed by atoms with Gasteiger partial charge in [0.25, 0.3) is 11.8 Å². The highest BCUT2D eigenvalue weighted by Gasteiger charge is 2.56.